The van der Waals surface area contributed by atoms with E-state index >= 15 is 0 Å². The van der Waals surface area contributed by atoms with Crippen molar-refractivity contribution in [2.45, 2.75) is 32.6 Å². The van der Waals surface area contributed by atoms with Gasteiger partial charge in [0.15, 0.2) is 0 Å². The fraction of sp³-hybridized carbons (Fsp3) is 0.387. The number of likely N-dealkylation sites (tertiary alicyclic amines) is 1. The summed E-state index contributed by atoms with van der Waals surface area (Å²) in [6.07, 6.45) is 5.13. The Morgan fingerprint density at radius 3 is 2.60 bits per heavy atom. The Labute approximate surface area is 234 Å². The molecule has 0 bridgehead atoms. The van der Waals surface area contributed by atoms with Crippen molar-refractivity contribution in [2.24, 2.45) is 5.41 Å². The fourth-order valence-electron chi connectivity index (χ4n) is 5.60. The molecule has 0 aliphatic carbocycles. The second-order valence-electron chi connectivity index (χ2n) is 10.5. The molecule has 206 valence electrons. The van der Waals surface area contributed by atoms with Crippen molar-refractivity contribution < 1.29 is 14.3 Å². The zero-order valence-electron chi connectivity index (χ0n) is 22.8. The molecule has 0 radical (unpaired) electrons. The SMILES string of the molecule is Cc1nccc(N2CCCC3(CCN(C(=O)c4ccccc4C#N)CC3)COc3ccccc3C(=O)NCC2)n1. The summed E-state index contributed by atoms with van der Waals surface area (Å²) in [5, 5.41) is 12.5. The summed E-state index contributed by atoms with van der Waals surface area (Å²) in [6, 6.07) is 18.4. The molecule has 1 saturated heterocycles. The minimum atomic E-state index is -0.167. The number of nitriles is 1. The van der Waals surface area contributed by atoms with Crippen molar-refractivity contribution >= 4 is 17.6 Å². The highest BCUT2D eigenvalue weighted by atomic mass is 16.5. The van der Waals surface area contributed by atoms with Crippen LogP contribution in [-0.4, -0.2) is 66.0 Å². The number of amides is 2. The second kappa shape index (κ2) is 12.2. The maximum absolute atomic E-state index is 13.3. The second-order valence-corrected chi connectivity index (χ2v) is 10.5. The molecule has 2 aromatic carbocycles. The number of anilines is 1. The van der Waals surface area contributed by atoms with E-state index in [0.717, 1.165) is 38.0 Å². The summed E-state index contributed by atoms with van der Waals surface area (Å²) in [4.78, 5) is 39.3. The number of aryl methyl sites for hydroxylation is 1. The third kappa shape index (κ3) is 6.07. The van der Waals surface area contributed by atoms with Crippen LogP contribution in [0.5, 0.6) is 5.75 Å². The lowest BCUT2D eigenvalue weighted by Gasteiger charge is -2.42. The molecule has 0 unspecified atom stereocenters. The van der Waals surface area contributed by atoms with Gasteiger partial charge in [-0.2, -0.15) is 5.26 Å². The predicted molar refractivity (Wildman–Crippen MR) is 151 cm³/mol. The molecule has 9 heteroatoms. The number of carbonyl (C=O) groups is 2. The maximum Gasteiger partial charge on any atom is 0.255 e. The van der Waals surface area contributed by atoms with E-state index in [0.29, 0.717) is 61.1 Å². The van der Waals surface area contributed by atoms with Crippen LogP contribution in [-0.2, 0) is 0 Å². The van der Waals surface area contributed by atoms with E-state index in [-0.39, 0.29) is 17.2 Å². The van der Waals surface area contributed by atoms with Gasteiger partial charge in [0.25, 0.3) is 11.8 Å². The number of benzene rings is 2. The number of fused-ring (bicyclic) bond motifs is 1. The van der Waals surface area contributed by atoms with Gasteiger partial charge < -0.3 is 19.9 Å². The predicted octanol–water partition coefficient (Wildman–Crippen LogP) is 3.99. The van der Waals surface area contributed by atoms with Gasteiger partial charge in [-0.3, -0.25) is 9.59 Å². The third-order valence-corrected chi connectivity index (χ3v) is 7.94. The lowest BCUT2D eigenvalue weighted by atomic mass is 9.75. The molecule has 0 atom stereocenters. The molecule has 0 saturated carbocycles. The van der Waals surface area contributed by atoms with Crippen LogP contribution in [0.4, 0.5) is 5.82 Å². The van der Waals surface area contributed by atoms with Crippen molar-refractivity contribution in [1.29, 1.82) is 5.26 Å². The molecule has 1 N–H and O–H groups in total. The number of hydrogen-bond acceptors (Lipinski definition) is 7. The first-order chi connectivity index (χ1) is 19.5. The Morgan fingerprint density at radius 2 is 1.80 bits per heavy atom. The van der Waals surface area contributed by atoms with Gasteiger partial charge in [-0.25, -0.2) is 9.97 Å². The van der Waals surface area contributed by atoms with Gasteiger partial charge >= 0.3 is 0 Å². The number of para-hydroxylation sites is 1. The van der Waals surface area contributed by atoms with Gasteiger partial charge in [-0.05, 0) is 62.9 Å². The summed E-state index contributed by atoms with van der Waals surface area (Å²) in [6.45, 7) is 5.37. The van der Waals surface area contributed by atoms with Crippen molar-refractivity contribution in [3.05, 3.63) is 83.3 Å². The van der Waals surface area contributed by atoms with Crippen molar-refractivity contribution in [2.75, 3.05) is 44.2 Å². The zero-order valence-corrected chi connectivity index (χ0v) is 22.8. The summed E-state index contributed by atoms with van der Waals surface area (Å²) in [7, 11) is 0. The summed E-state index contributed by atoms with van der Waals surface area (Å²) in [5.74, 6) is 1.85. The number of nitrogens with zero attached hydrogens (tertiary/aromatic N) is 5. The van der Waals surface area contributed by atoms with Gasteiger partial charge in [-0.15, -0.1) is 0 Å². The monoisotopic (exact) mass is 538 g/mol. The van der Waals surface area contributed by atoms with E-state index in [1.54, 1.807) is 36.5 Å². The average molecular weight is 539 g/mol. The molecule has 1 fully saturated rings. The van der Waals surface area contributed by atoms with Crippen LogP contribution >= 0.6 is 0 Å². The van der Waals surface area contributed by atoms with Crippen LogP contribution < -0.4 is 15.0 Å². The van der Waals surface area contributed by atoms with Crippen LogP contribution in [0.2, 0.25) is 0 Å². The van der Waals surface area contributed by atoms with E-state index in [1.807, 2.05) is 36.1 Å². The number of rotatable bonds is 2. The van der Waals surface area contributed by atoms with Crippen LogP contribution in [0.1, 0.15) is 57.8 Å². The molecule has 1 aromatic heterocycles. The van der Waals surface area contributed by atoms with Gasteiger partial charge in [0.05, 0.1) is 29.4 Å². The Balaban J connectivity index is 1.37. The smallest absolute Gasteiger partial charge is 0.255 e. The van der Waals surface area contributed by atoms with Crippen molar-refractivity contribution in [3.8, 4) is 11.8 Å². The van der Waals surface area contributed by atoms with E-state index in [1.165, 1.54) is 0 Å². The van der Waals surface area contributed by atoms with Crippen LogP contribution in [0.3, 0.4) is 0 Å². The molecule has 5 rings (SSSR count). The number of aromatic nitrogens is 2. The molecular weight excluding hydrogens is 504 g/mol. The van der Waals surface area contributed by atoms with Crippen LogP contribution in [0, 0.1) is 23.7 Å². The number of ether oxygens (including phenoxy) is 1. The minimum absolute atomic E-state index is 0.107. The molecule has 2 aliphatic rings. The molecule has 40 heavy (non-hydrogen) atoms. The highest BCUT2D eigenvalue weighted by molar-refractivity contribution is 5.97. The highest BCUT2D eigenvalue weighted by Crippen LogP contribution is 2.38. The van der Waals surface area contributed by atoms with Crippen molar-refractivity contribution in [1.82, 2.24) is 20.2 Å². The van der Waals surface area contributed by atoms with E-state index in [4.69, 9.17) is 4.74 Å². The molecule has 9 nitrogen and oxygen atoms in total. The van der Waals surface area contributed by atoms with Gasteiger partial charge in [0, 0.05) is 44.3 Å². The highest BCUT2D eigenvalue weighted by Gasteiger charge is 2.37. The van der Waals surface area contributed by atoms with Gasteiger partial charge in [0.1, 0.15) is 17.4 Å². The lowest BCUT2D eigenvalue weighted by Crippen LogP contribution is -2.46. The Kier molecular flexibility index (Phi) is 8.25. The number of carbonyl (C=O) groups excluding carboxylic acids is 2. The summed E-state index contributed by atoms with van der Waals surface area (Å²) in [5.41, 5.74) is 1.20. The molecular formula is C31H34N6O3. The Hall–Kier alpha value is -4.45. The molecule has 1 spiro atoms. The Bertz CT molecular complexity index is 1410. The topological polar surface area (TPSA) is 111 Å². The maximum atomic E-state index is 13.3. The molecule has 3 heterocycles. The number of hydrogen-bond donors (Lipinski definition) is 1. The molecule has 3 aromatic rings. The van der Waals surface area contributed by atoms with E-state index < -0.39 is 0 Å². The molecule has 2 aliphatic heterocycles. The van der Waals surface area contributed by atoms with E-state index in [9.17, 15) is 14.9 Å². The largest absolute Gasteiger partial charge is 0.492 e. The van der Waals surface area contributed by atoms with Gasteiger partial charge in [-0.1, -0.05) is 24.3 Å². The normalized spacial score (nSPS) is 17.8. The van der Waals surface area contributed by atoms with Gasteiger partial charge in [0.2, 0.25) is 0 Å². The van der Waals surface area contributed by atoms with Crippen LogP contribution in [0.15, 0.2) is 60.8 Å². The minimum Gasteiger partial charge on any atom is -0.492 e. The van der Waals surface area contributed by atoms with Crippen LogP contribution in [0.25, 0.3) is 0 Å². The first-order valence-electron chi connectivity index (χ1n) is 13.8. The number of piperidine rings is 1. The summed E-state index contributed by atoms with van der Waals surface area (Å²) >= 11 is 0. The lowest BCUT2D eigenvalue weighted by molar-refractivity contribution is 0.0365. The Morgan fingerprint density at radius 1 is 1.02 bits per heavy atom. The first kappa shape index (κ1) is 27.1. The first-order valence-corrected chi connectivity index (χ1v) is 13.8. The average Bonchev–Trinajstić information content (AvgIpc) is 3.00. The molecule has 2 amide bonds. The van der Waals surface area contributed by atoms with E-state index in [2.05, 4.69) is 26.3 Å². The summed E-state index contributed by atoms with van der Waals surface area (Å²) < 4.78 is 6.37. The van der Waals surface area contributed by atoms with Crippen molar-refractivity contribution in [3.63, 3.8) is 0 Å². The zero-order chi connectivity index (χ0) is 28.0. The number of nitrogens with one attached hydrogen (secondary N) is 1. The quantitative estimate of drug-likeness (QED) is 0.525. The fourth-order valence-corrected chi connectivity index (χ4v) is 5.60. The third-order valence-electron chi connectivity index (χ3n) is 7.94. The standard InChI is InChI=1S/C31H34N6O3/c1-23-33-15-11-28(35-23)36-17-6-12-31(22-40-27-10-5-4-9-26(27)29(38)34-16-20-36)13-18-37(19-14-31)30(39)25-8-3-2-7-24(25)21-32/h2-5,7-11,15H,6,12-14,16-20,22H2,1H3,(H,34,38).